The number of nitrogens with zero attached hydrogens (tertiary/aromatic N) is 6. The van der Waals surface area contributed by atoms with Crippen LogP contribution >= 0.6 is 0 Å². The van der Waals surface area contributed by atoms with Crippen molar-refractivity contribution < 1.29 is 4.39 Å². The summed E-state index contributed by atoms with van der Waals surface area (Å²) in [6.45, 7) is 0.253. The summed E-state index contributed by atoms with van der Waals surface area (Å²) in [6.07, 6.45) is 1.69. The Labute approximate surface area is 136 Å². The van der Waals surface area contributed by atoms with Gasteiger partial charge in [0.25, 0.3) is 0 Å². The van der Waals surface area contributed by atoms with Crippen LogP contribution in [0.5, 0.6) is 0 Å². The average Bonchev–Trinajstić information content (AvgIpc) is 3.27. The van der Waals surface area contributed by atoms with Gasteiger partial charge in [-0.05, 0) is 29.5 Å². The van der Waals surface area contributed by atoms with E-state index < -0.39 is 0 Å². The Morgan fingerprint density at radius 2 is 1.92 bits per heavy atom. The number of rotatable bonds is 4. The van der Waals surface area contributed by atoms with Crippen LogP contribution in [0.25, 0.3) is 22.9 Å². The molecule has 3 heterocycles. The van der Waals surface area contributed by atoms with E-state index in [9.17, 15) is 4.39 Å². The van der Waals surface area contributed by atoms with Crippen molar-refractivity contribution in [3.8, 4) is 22.9 Å². The maximum absolute atomic E-state index is 14.0. The number of nitrogens with one attached hydrogen (secondary N) is 1. The molecule has 1 N–H and O–H groups in total. The van der Waals surface area contributed by atoms with Gasteiger partial charge in [0.2, 0.25) is 5.82 Å². The number of tetrazole rings is 1. The molecular weight excluding hydrogens is 309 g/mol. The van der Waals surface area contributed by atoms with Crippen LogP contribution in [0.1, 0.15) is 5.56 Å². The molecule has 8 heteroatoms. The van der Waals surface area contributed by atoms with E-state index in [1.807, 2.05) is 24.3 Å². The van der Waals surface area contributed by atoms with E-state index in [0.717, 1.165) is 5.69 Å². The van der Waals surface area contributed by atoms with Crippen LogP contribution in [-0.2, 0) is 6.54 Å². The first-order chi connectivity index (χ1) is 11.8. The summed E-state index contributed by atoms with van der Waals surface area (Å²) in [6, 6.07) is 14.0. The molecule has 0 aliphatic carbocycles. The fourth-order valence-electron chi connectivity index (χ4n) is 2.42. The third kappa shape index (κ3) is 2.65. The van der Waals surface area contributed by atoms with Gasteiger partial charge < -0.3 is 0 Å². The van der Waals surface area contributed by atoms with Gasteiger partial charge in [0, 0.05) is 11.8 Å². The lowest BCUT2D eigenvalue weighted by atomic mass is 10.2. The summed E-state index contributed by atoms with van der Waals surface area (Å²) < 4.78 is 15.6. The van der Waals surface area contributed by atoms with Crippen molar-refractivity contribution >= 4 is 0 Å². The monoisotopic (exact) mass is 321 g/mol. The molecule has 0 unspecified atom stereocenters. The molecular formula is C16H12FN7. The number of hydrogen-bond donors (Lipinski definition) is 1. The van der Waals surface area contributed by atoms with Crippen molar-refractivity contribution in [1.82, 2.24) is 35.4 Å². The highest BCUT2D eigenvalue weighted by Crippen LogP contribution is 2.23. The lowest BCUT2D eigenvalue weighted by molar-refractivity contribution is 0.587. The van der Waals surface area contributed by atoms with Crippen molar-refractivity contribution in [3.63, 3.8) is 0 Å². The Hall–Kier alpha value is -3.42. The van der Waals surface area contributed by atoms with Crippen molar-refractivity contribution in [2.24, 2.45) is 0 Å². The van der Waals surface area contributed by atoms with Gasteiger partial charge in [0.15, 0.2) is 0 Å². The molecule has 0 atom stereocenters. The Bertz CT molecular complexity index is 948. The molecule has 0 aliphatic heterocycles. The molecule has 118 valence electrons. The molecule has 3 aromatic heterocycles. The summed E-state index contributed by atoms with van der Waals surface area (Å²) in [5.74, 6) is 0.104. The fourth-order valence-corrected chi connectivity index (χ4v) is 2.42. The minimum Gasteiger partial charge on any atom is -0.256 e. The van der Waals surface area contributed by atoms with Gasteiger partial charge in [-0.3, -0.25) is 9.67 Å². The van der Waals surface area contributed by atoms with Gasteiger partial charge in [0.1, 0.15) is 17.2 Å². The first kappa shape index (κ1) is 14.2. The zero-order valence-electron chi connectivity index (χ0n) is 12.5. The summed E-state index contributed by atoms with van der Waals surface area (Å²) in [4.78, 5) is 4.30. The van der Waals surface area contributed by atoms with Crippen molar-refractivity contribution in [2.75, 3.05) is 0 Å². The van der Waals surface area contributed by atoms with Crippen LogP contribution in [0.15, 0.2) is 54.7 Å². The number of halogens is 1. The molecule has 0 amide bonds. The van der Waals surface area contributed by atoms with Crippen LogP contribution in [-0.4, -0.2) is 35.4 Å². The van der Waals surface area contributed by atoms with Crippen molar-refractivity contribution in [1.29, 1.82) is 0 Å². The molecule has 0 saturated carbocycles. The fraction of sp³-hybridized carbons (Fsp3) is 0.0625. The predicted molar refractivity (Wildman–Crippen MR) is 84.1 cm³/mol. The molecule has 4 rings (SSSR count). The van der Waals surface area contributed by atoms with E-state index in [2.05, 4.69) is 30.7 Å². The van der Waals surface area contributed by atoms with E-state index in [4.69, 9.17) is 0 Å². The molecule has 7 nitrogen and oxygen atoms in total. The second-order valence-corrected chi connectivity index (χ2v) is 5.11. The number of pyridine rings is 1. The Morgan fingerprint density at radius 1 is 1.04 bits per heavy atom. The molecule has 0 fully saturated rings. The smallest absolute Gasteiger partial charge is 0.222 e. The molecule has 24 heavy (non-hydrogen) atoms. The summed E-state index contributed by atoms with van der Waals surface area (Å²) in [7, 11) is 0. The highest BCUT2D eigenvalue weighted by atomic mass is 19.1. The molecule has 0 saturated heterocycles. The quantitative estimate of drug-likeness (QED) is 0.623. The number of hydrogen-bond acceptors (Lipinski definition) is 5. The van der Waals surface area contributed by atoms with Crippen molar-refractivity contribution in [3.05, 3.63) is 66.1 Å². The van der Waals surface area contributed by atoms with Crippen molar-refractivity contribution in [2.45, 2.75) is 6.54 Å². The van der Waals surface area contributed by atoms with Crippen LogP contribution in [0, 0.1) is 5.82 Å². The largest absolute Gasteiger partial charge is 0.256 e. The summed E-state index contributed by atoms with van der Waals surface area (Å²) in [5.41, 5.74) is 2.53. The molecule has 0 spiro atoms. The van der Waals surface area contributed by atoms with E-state index in [-0.39, 0.29) is 12.4 Å². The van der Waals surface area contributed by atoms with Gasteiger partial charge in [-0.2, -0.15) is 10.3 Å². The van der Waals surface area contributed by atoms with Crippen LogP contribution in [0.3, 0.4) is 0 Å². The predicted octanol–water partition coefficient (Wildman–Crippen LogP) is 2.31. The van der Waals surface area contributed by atoms with Gasteiger partial charge >= 0.3 is 0 Å². The summed E-state index contributed by atoms with van der Waals surface area (Å²) >= 11 is 0. The maximum atomic E-state index is 14.0. The van der Waals surface area contributed by atoms with Gasteiger partial charge in [-0.15, -0.1) is 10.2 Å². The number of H-pyrrole nitrogens is 1. The SMILES string of the molecule is Fc1ccccc1Cn1nc(-c2ccccn2)cc1-c1nn[nH]n1. The highest BCUT2D eigenvalue weighted by molar-refractivity contribution is 5.62. The first-order valence-corrected chi connectivity index (χ1v) is 7.28. The highest BCUT2D eigenvalue weighted by Gasteiger charge is 2.16. The normalized spacial score (nSPS) is 10.9. The van der Waals surface area contributed by atoms with E-state index in [0.29, 0.717) is 22.8 Å². The lowest BCUT2D eigenvalue weighted by Crippen LogP contribution is -2.06. The first-order valence-electron chi connectivity index (χ1n) is 7.28. The van der Waals surface area contributed by atoms with Gasteiger partial charge in [-0.25, -0.2) is 4.39 Å². The molecule has 0 bridgehead atoms. The number of benzene rings is 1. The van der Waals surface area contributed by atoms with E-state index in [1.54, 1.807) is 29.1 Å². The van der Waals surface area contributed by atoms with Crippen LogP contribution in [0.4, 0.5) is 4.39 Å². The van der Waals surface area contributed by atoms with Gasteiger partial charge in [-0.1, -0.05) is 24.3 Å². The number of aromatic nitrogens is 7. The van der Waals surface area contributed by atoms with Crippen LogP contribution in [0.2, 0.25) is 0 Å². The average molecular weight is 321 g/mol. The molecule has 4 aromatic rings. The molecule has 1 aromatic carbocycles. The third-order valence-corrected chi connectivity index (χ3v) is 3.56. The molecule has 0 radical (unpaired) electrons. The Morgan fingerprint density at radius 3 is 2.67 bits per heavy atom. The Balaban J connectivity index is 1.80. The standard InChI is InChI=1S/C16H12FN7/c17-12-6-2-1-5-11(12)10-24-15(16-19-22-23-20-16)9-14(21-24)13-7-3-4-8-18-13/h1-9H,10H2,(H,19,20,22,23). The van der Waals surface area contributed by atoms with Crippen LogP contribution < -0.4 is 0 Å². The second-order valence-electron chi connectivity index (χ2n) is 5.11. The Kier molecular flexibility index (Phi) is 3.54. The zero-order valence-corrected chi connectivity index (χ0v) is 12.5. The second kappa shape index (κ2) is 5.99. The maximum Gasteiger partial charge on any atom is 0.222 e. The van der Waals surface area contributed by atoms with E-state index in [1.165, 1.54) is 6.07 Å². The lowest BCUT2D eigenvalue weighted by Gasteiger charge is -2.06. The topological polar surface area (TPSA) is 85.2 Å². The van der Waals surface area contributed by atoms with E-state index >= 15 is 0 Å². The number of aromatic amines is 1. The zero-order chi connectivity index (χ0) is 16.4. The third-order valence-electron chi connectivity index (χ3n) is 3.56. The minimum absolute atomic E-state index is 0.253. The summed E-state index contributed by atoms with van der Waals surface area (Å²) in [5, 5.41) is 18.5. The minimum atomic E-state index is -0.286. The van der Waals surface area contributed by atoms with Gasteiger partial charge in [0.05, 0.1) is 12.2 Å². The molecule has 0 aliphatic rings.